The molecular weight excluding hydrogens is 475 g/mol. The molecule has 0 saturated heterocycles. The lowest BCUT2D eigenvalue weighted by Gasteiger charge is -2.28. The first-order valence-electron chi connectivity index (χ1n) is 10.1. The molecule has 0 radical (unpaired) electrons. The van der Waals surface area contributed by atoms with Gasteiger partial charge in [-0.15, -0.1) is 13.2 Å². The zero-order chi connectivity index (χ0) is 24.9. The summed E-state index contributed by atoms with van der Waals surface area (Å²) < 4.78 is 52.2. The number of halogens is 3. The van der Waals surface area contributed by atoms with Gasteiger partial charge in [0, 0.05) is 11.3 Å². The van der Waals surface area contributed by atoms with Crippen LogP contribution in [-0.4, -0.2) is 47.9 Å². The van der Waals surface area contributed by atoms with Crippen LogP contribution in [0.3, 0.4) is 0 Å². The second-order valence-corrected chi connectivity index (χ2v) is 8.20. The van der Waals surface area contributed by atoms with E-state index >= 15 is 0 Å². The molecule has 0 saturated carbocycles. The van der Waals surface area contributed by atoms with Crippen molar-refractivity contribution in [2.24, 2.45) is 5.10 Å². The number of carbonyl (C=O) groups is 2. The monoisotopic (exact) mass is 497 g/mol. The van der Waals surface area contributed by atoms with Crippen molar-refractivity contribution in [3.63, 3.8) is 0 Å². The van der Waals surface area contributed by atoms with Crippen LogP contribution in [-0.2, 0) is 11.3 Å². The first kappa shape index (κ1) is 25.2. The maximum atomic E-state index is 12.9. The Bertz CT molecular complexity index is 1080. The first-order valence-corrected chi connectivity index (χ1v) is 11.0. The first-order chi connectivity index (χ1) is 16.1. The average Bonchev–Trinajstić information content (AvgIpc) is 2.80. The van der Waals surface area contributed by atoms with E-state index in [4.69, 9.17) is 4.74 Å². The van der Waals surface area contributed by atoms with E-state index in [-0.39, 0.29) is 22.8 Å². The molecule has 0 spiro atoms. The van der Waals surface area contributed by atoms with Crippen molar-refractivity contribution in [2.45, 2.75) is 31.5 Å². The van der Waals surface area contributed by atoms with Gasteiger partial charge in [0.2, 0.25) is 0 Å². The second kappa shape index (κ2) is 10.7. The normalized spacial score (nSPS) is 16.1. The number of hydrogen-bond donors (Lipinski definition) is 1. The minimum absolute atomic E-state index is 0.0771. The summed E-state index contributed by atoms with van der Waals surface area (Å²) in [5.41, 5.74) is 2.08. The van der Waals surface area contributed by atoms with Gasteiger partial charge in [-0.25, -0.2) is 9.80 Å². The van der Waals surface area contributed by atoms with Gasteiger partial charge < -0.3 is 14.2 Å². The van der Waals surface area contributed by atoms with Crippen LogP contribution in [0.5, 0.6) is 11.5 Å². The van der Waals surface area contributed by atoms with Gasteiger partial charge in [-0.2, -0.15) is 5.10 Å². The zero-order valence-corrected chi connectivity index (χ0v) is 19.3. The minimum atomic E-state index is -4.89. The lowest BCUT2D eigenvalue weighted by atomic mass is 10.0. The number of nitrogens with one attached hydrogen (secondary N) is 1. The molecule has 1 aliphatic rings. The van der Waals surface area contributed by atoms with Gasteiger partial charge in [-0.05, 0) is 42.3 Å². The number of benzene rings is 2. The van der Waals surface area contributed by atoms with E-state index in [1.165, 1.54) is 31.4 Å². The Morgan fingerprint density at radius 1 is 1.15 bits per heavy atom. The highest BCUT2D eigenvalue weighted by molar-refractivity contribution is 8.14. The summed E-state index contributed by atoms with van der Waals surface area (Å²) in [5.74, 6) is -0.570. The molecule has 12 heteroatoms. The fourth-order valence-corrected chi connectivity index (χ4v) is 4.10. The smallest absolute Gasteiger partial charge is 0.493 e. The zero-order valence-electron chi connectivity index (χ0n) is 18.5. The molecule has 2 amide bonds. The Hall–Kier alpha value is -3.41. The number of thioether (sulfide) groups is 1. The van der Waals surface area contributed by atoms with E-state index in [9.17, 15) is 22.8 Å². The number of amides is 2. The summed E-state index contributed by atoms with van der Waals surface area (Å²) in [7, 11) is 2.50. The van der Waals surface area contributed by atoms with Crippen LogP contribution < -0.4 is 14.8 Å². The Labute approximate surface area is 198 Å². The topological polar surface area (TPSA) is 89.5 Å². The molecule has 34 heavy (non-hydrogen) atoms. The highest BCUT2D eigenvalue weighted by Crippen LogP contribution is 2.36. The van der Waals surface area contributed by atoms with E-state index in [2.05, 4.69) is 19.9 Å². The van der Waals surface area contributed by atoms with Crippen LogP contribution in [0.25, 0.3) is 0 Å². The predicted molar refractivity (Wildman–Crippen MR) is 121 cm³/mol. The third-order valence-electron chi connectivity index (χ3n) is 4.76. The van der Waals surface area contributed by atoms with Gasteiger partial charge in [0.05, 0.1) is 31.7 Å². The summed E-state index contributed by atoms with van der Waals surface area (Å²) in [5, 5.41) is 7.62. The molecule has 0 fully saturated rings. The Balaban J connectivity index is 1.89. The molecular formula is C22H22F3N3O5S. The fraction of sp³-hybridized carbons (Fsp3) is 0.318. The average molecular weight is 497 g/mol. The van der Waals surface area contributed by atoms with E-state index in [1.54, 1.807) is 30.3 Å². The van der Waals surface area contributed by atoms with Crippen molar-refractivity contribution < 1.29 is 37.0 Å². The SMILES string of the molecule is CCC1SC(=O)N(Cc2ccc(NC(=O)OC)cc2)N=C1c1ccc(OC)c(OC(F)(F)F)c1. The molecule has 1 N–H and O–H groups in total. The van der Waals surface area contributed by atoms with Gasteiger partial charge in [0.25, 0.3) is 0 Å². The van der Waals surface area contributed by atoms with E-state index in [1.807, 2.05) is 6.92 Å². The molecule has 3 rings (SSSR count). The van der Waals surface area contributed by atoms with Crippen LogP contribution in [0.1, 0.15) is 24.5 Å². The maximum Gasteiger partial charge on any atom is 0.573 e. The molecule has 1 atom stereocenters. The number of anilines is 1. The van der Waals surface area contributed by atoms with Crippen LogP contribution in [0, 0.1) is 0 Å². The molecule has 0 bridgehead atoms. The second-order valence-electron chi connectivity index (χ2n) is 7.05. The van der Waals surface area contributed by atoms with E-state index in [0.29, 0.717) is 23.4 Å². The van der Waals surface area contributed by atoms with Crippen LogP contribution >= 0.6 is 11.8 Å². The summed E-state index contributed by atoms with van der Waals surface area (Å²) in [6.45, 7) is 1.99. The van der Waals surface area contributed by atoms with E-state index < -0.39 is 18.2 Å². The predicted octanol–water partition coefficient (Wildman–Crippen LogP) is 5.62. The summed E-state index contributed by atoms with van der Waals surface area (Å²) in [6, 6.07) is 10.9. The molecule has 0 aliphatic carbocycles. The third-order valence-corrected chi connectivity index (χ3v) is 6.01. The number of hydrazone groups is 1. The highest BCUT2D eigenvalue weighted by Gasteiger charge is 2.34. The van der Waals surface area contributed by atoms with Crippen LogP contribution in [0.15, 0.2) is 47.6 Å². The van der Waals surface area contributed by atoms with Crippen molar-refractivity contribution in [2.75, 3.05) is 19.5 Å². The maximum absolute atomic E-state index is 12.9. The van der Waals surface area contributed by atoms with Crippen molar-refractivity contribution >= 4 is 34.5 Å². The molecule has 1 unspecified atom stereocenters. The van der Waals surface area contributed by atoms with Gasteiger partial charge >= 0.3 is 17.7 Å². The lowest BCUT2D eigenvalue weighted by molar-refractivity contribution is -0.275. The number of hydrogen-bond acceptors (Lipinski definition) is 7. The fourth-order valence-electron chi connectivity index (χ4n) is 3.17. The van der Waals surface area contributed by atoms with Crippen LogP contribution in [0.2, 0.25) is 0 Å². The summed E-state index contributed by atoms with van der Waals surface area (Å²) in [4.78, 5) is 24.0. The number of methoxy groups -OCH3 is 2. The Morgan fingerprint density at radius 3 is 2.44 bits per heavy atom. The molecule has 0 aromatic heterocycles. The molecule has 182 valence electrons. The number of ether oxygens (including phenoxy) is 3. The number of carbonyl (C=O) groups excluding carboxylic acids is 2. The summed E-state index contributed by atoms with van der Waals surface area (Å²) in [6.07, 6.45) is -4.96. The number of nitrogens with zero attached hydrogens (tertiary/aromatic N) is 2. The van der Waals surface area contributed by atoms with Gasteiger partial charge in [0.1, 0.15) is 0 Å². The van der Waals surface area contributed by atoms with Crippen molar-refractivity contribution in [1.82, 2.24) is 5.01 Å². The lowest BCUT2D eigenvalue weighted by Crippen LogP contribution is -2.34. The Morgan fingerprint density at radius 2 is 1.85 bits per heavy atom. The Kier molecular flexibility index (Phi) is 7.92. The molecule has 1 aliphatic heterocycles. The highest BCUT2D eigenvalue weighted by atomic mass is 32.2. The van der Waals surface area contributed by atoms with Gasteiger partial charge in [0.15, 0.2) is 11.5 Å². The number of rotatable bonds is 7. The molecule has 8 nitrogen and oxygen atoms in total. The van der Waals surface area contributed by atoms with Crippen molar-refractivity contribution in [3.8, 4) is 11.5 Å². The molecule has 2 aromatic carbocycles. The standard InChI is InChI=1S/C22H22F3N3O5S/c1-4-18-19(14-7-10-16(31-2)17(11-14)33-22(23,24)25)27-28(21(30)34-18)12-13-5-8-15(9-6-13)26-20(29)32-3/h5-11,18H,4,12H2,1-3H3,(H,26,29). The van der Waals surface area contributed by atoms with E-state index in [0.717, 1.165) is 17.3 Å². The van der Waals surface area contributed by atoms with Crippen LogP contribution in [0.4, 0.5) is 28.4 Å². The summed E-state index contributed by atoms with van der Waals surface area (Å²) >= 11 is 1.05. The van der Waals surface area contributed by atoms with Crippen molar-refractivity contribution in [1.29, 1.82) is 0 Å². The molecule has 1 heterocycles. The minimum Gasteiger partial charge on any atom is -0.493 e. The third kappa shape index (κ3) is 6.34. The quantitative estimate of drug-likeness (QED) is 0.534. The van der Waals surface area contributed by atoms with Crippen molar-refractivity contribution in [3.05, 3.63) is 53.6 Å². The molecule has 2 aromatic rings. The largest absolute Gasteiger partial charge is 0.573 e. The van der Waals surface area contributed by atoms with Gasteiger partial charge in [-0.1, -0.05) is 30.8 Å². The van der Waals surface area contributed by atoms with Gasteiger partial charge in [-0.3, -0.25) is 10.1 Å². The number of alkyl halides is 3.